The highest BCUT2D eigenvalue weighted by Gasteiger charge is 2.03. The minimum Gasteiger partial charge on any atom is -0.310 e. The van der Waals surface area contributed by atoms with Crippen LogP contribution in [0, 0.1) is 0 Å². The number of nitrogens with one attached hydrogen (secondary N) is 1. The van der Waals surface area contributed by atoms with E-state index in [-0.39, 0.29) is 0 Å². The quantitative estimate of drug-likeness (QED) is 0.539. The van der Waals surface area contributed by atoms with E-state index < -0.39 is 0 Å². The summed E-state index contributed by atoms with van der Waals surface area (Å²) < 4.78 is 0. The van der Waals surface area contributed by atoms with E-state index in [1.165, 1.54) is 34.6 Å². The van der Waals surface area contributed by atoms with Gasteiger partial charge in [0.05, 0.1) is 0 Å². The first-order valence-electron chi connectivity index (χ1n) is 7.79. The van der Waals surface area contributed by atoms with E-state index in [1.807, 2.05) is 11.8 Å². The number of rotatable bonds is 8. The first kappa shape index (κ1) is 16.1. The molecule has 2 aromatic rings. The average molecular weight is 299 g/mol. The van der Waals surface area contributed by atoms with Crippen LogP contribution >= 0.6 is 11.8 Å². The van der Waals surface area contributed by atoms with Crippen LogP contribution in [-0.4, -0.2) is 12.3 Å². The normalized spacial score (nSPS) is 12.3. The summed E-state index contributed by atoms with van der Waals surface area (Å²) >= 11 is 1.95. The van der Waals surface area contributed by atoms with E-state index in [0.29, 0.717) is 6.04 Å². The molecule has 2 rings (SSSR count). The zero-order valence-electron chi connectivity index (χ0n) is 13.0. The maximum atomic E-state index is 3.44. The van der Waals surface area contributed by atoms with Crippen LogP contribution in [0.25, 0.3) is 0 Å². The van der Waals surface area contributed by atoms with Crippen molar-refractivity contribution < 1.29 is 0 Å². The third-order valence-electron chi connectivity index (χ3n) is 3.61. The summed E-state index contributed by atoms with van der Waals surface area (Å²) in [6.45, 7) is 5.37. The van der Waals surface area contributed by atoms with Crippen molar-refractivity contribution in [1.82, 2.24) is 5.32 Å². The summed E-state index contributed by atoms with van der Waals surface area (Å²) in [5.41, 5.74) is 2.80. The van der Waals surface area contributed by atoms with Gasteiger partial charge in [-0.3, -0.25) is 0 Å². The molecule has 0 heterocycles. The Morgan fingerprint density at radius 3 is 2.38 bits per heavy atom. The van der Waals surface area contributed by atoms with Crippen LogP contribution in [-0.2, 0) is 6.42 Å². The summed E-state index contributed by atoms with van der Waals surface area (Å²) in [6.07, 6.45) is 2.40. The van der Waals surface area contributed by atoms with Crippen LogP contribution in [0.3, 0.4) is 0 Å². The lowest BCUT2D eigenvalue weighted by atomic mass is 10.1. The van der Waals surface area contributed by atoms with Crippen LogP contribution in [0.15, 0.2) is 59.5 Å². The summed E-state index contributed by atoms with van der Waals surface area (Å²) in [7, 11) is 0. The summed E-state index contributed by atoms with van der Waals surface area (Å²) in [5.74, 6) is 1.18. The first-order chi connectivity index (χ1) is 10.3. The molecule has 1 N–H and O–H groups in total. The fourth-order valence-corrected chi connectivity index (χ4v) is 3.24. The minimum atomic E-state index is 0.437. The lowest BCUT2D eigenvalue weighted by Crippen LogP contribution is -2.17. The Morgan fingerprint density at radius 2 is 1.71 bits per heavy atom. The molecule has 112 valence electrons. The van der Waals surface area contributed by atoms with Crippen LogP contribution in [0.5, 0.6) is 0 Å². The van der Waals surface area contributed by atoms with E-state index in [2.05, 4.69) is 73.8 Å². The van der Waals surface area contributed by atoms with Crippen molar-refractivity contribution >= 4 is 11.8 Å². The van der Waals surface area contributed by atoms with Gasteiger partial charge in [0, 0.05) is 10.9 Å². The first-order valence-corrected chi connectivity index (χ1v) is 8.78. The van der Waals surface area contributed by atoms with Crippen LogP contribution in [0.2, 0.25) is 0 Å². The largest absolute Gasteiger partial charge is 0.310 e. The van der Waals surface area contributed by atoms with E-state index >= 15 is 0 Å². The van der Waals surface area contributed by atoms with Crippen molar-refractivity contribution in [2.45, 2.75) is 37.6 Å². The Balaban J connectivity index is 1.73. The second kappa shape index (κ2) is 8.91. The van der Waals surface area contributed by atoms with Gasteiger partial charge in [-0.05, 0) is 55.3 Å². The Morgan fingerprint density at radius 1 is 1.00 bits per heavy atom. The average Bonchev–Trinajstić information content (AvgIpc) is 2.53. The van der Waals surface area contributed by atoms with Gasteiger partial charge >= 0.3 is 0 Å². The van der Waals surface area contributed by atoms with Gasteiger partial charge < -0.3 is 5.32 Å². The van der Waals surface area contributed by atoms with Crippen LogP contribution in [0.1, 0.15) is 37.4 Å². The number of hydrogen-bond acceptors (Lipinski definition) is 2. The van der Waals surface area contributed by atoms with Crippen molar-refractivity contribution in [1.29, 1.82) is 0 Å². The van der Waals surface area contributed by atoms with E-state index in [4.69, 9.17) is 0 Å². The van der Waals surface area contributed by atoms with Gasteiger partial charge in [-0.25, -0.2) is 0 Å². The molecule has 1 unspecified atom stereocenters. The van der Waals surface area contributed by atoms with Gasteiger partial charge in [-0.15, -0.1) is 11.8 Å². The molecule has 2 heteroatoms. The molecule has 0 aromatic heterocycles. The Labute approximate surface area is 133 Å². The molecule has 0 aliphatic rings. The standard InChI is InChI=1S/C19H25NS/c1-3-20-16(2)18-11-13-19(14-12-18)21-15-7-10-17-8-5-4-6-9-17/h4-6,8-9,11-14,16,20H,3,7,10,15H2,1-2H3. The molecule has 0 fully saturated rings. The van der Waals surface area contributed by atoms with Gasteiger partial charge in [0.1, 0.15) is 0 Å². The number of aryl methyl sites for hydroxylation is 1. The molecule has 1 atom stereocenters. The van der Waals surface area contributed by atoms with E-state index in [0.717, 1.165) is 6.54 Å². The summed E-state index contributed by atoms with van der Waals surface area (Å²) in [4.78, 5) is 1.37. The van der Waals surface area contributed by atoms with E-state index in [1.54, 1.807) is 0 Å². The third kappa shape index (κ3) is 5.56. The smallest absolute Gasteiger partial charge is 0.0291 e. The lowest BCUT2D eigenvalue weighted by Gasteiger charge is -2.13. The van der Waals surface area contributed by atoms with Crippen molar-refractivity contribution in [2.24, 2.45) is 0 Å². The van der Waals surface area contributed by atoms with Gasteiger partial charge in [0.15, 0.2) is 0 Å². The highest BCUT2D eigenvalue weighted by atomic mass is 32.2. The fourth-order valence-electron chi connectivity index (χ4n) is 2.39. The Hall–Kier alpha value is -1.25. The monoisotopic (exact) mass is 299 g/mol. The molecule has 1 nitrogen and oxygen atoms in total. The van der Waals surface area contributed by atoms with Gasteiger partial charge in [-0.1, -0.05) is 49.4 Å². The molecule has 0 spiro atoms. The van der Waals surface area contributed by atoms with Crippen molar-refractivity contribution in [3.8, 4) is 0 Å². The van der Waals surface area contributed by atoms with E-state index in [9.17, 15) is 0 Å². The third-order valence-corrected chi connectivity index (χ3v) is 4.71. The van der Waals surface area contributed by atoms with Gasteiger partial charge in [0.25, 0.3) is 0 Å². The highest BCUT2D eigenvalue weighted by molar-refractivity contribution is 7.99. The number of hydrogen-bond donors (Lipinski definition) is 1. The van der Waals surface area contributed by atoms with Crippen LogP contribution < -0.4 is 5.32 Å². The molecule has 0 aliphatic heterocycles. The van der Waals surface area contributed by atoms with Crippen molar-refractivity contribution in [3.63, 3.8) is 0 Å². The molecular formula is C19H25NS. The molecule has 0 saturated heterocycles. The molecule has 0 saturated carbocycles. The van der Waals surface area contributed by atoms with Gasteiger partial charge in [0.2, 0.25) is 0 Å². The molecule has 2 aromatic carbocycles. The molecular weight excluding hydrogens is 274 g/mol. The number of thioether (sulfide) groups is 1. The van der Waals surface area contributed by atoms with Crippen molar-refractivity contribution in [3.05, 3.63) is 65.7 Å². The van der Waals surface area contributed by atoms with Gasteiger partial charge in [-0.2, -0.15) is 0 Å². The number of benzene rings is 2. The zero-order chi connectivity index (χ0) is 14.9. The maximum Gasteiger partial charge on any atom is 0.0291 e. The molecule has 0 radical (unpaired) electrons. The fraction of sp³-hybridized carbons (Fsp3) is 0.368. The predicted molar refractivity (Wildman–Crippen MR) is 94.0 cm³/mol. The second-order valence-corrected chi connectivity index (χ2v) is 6.45. The Bertz CT molecular complexity index is 507. The second-order valence-electron chi connectivity index (χ2n) is 5.29. The molecule has 0 amide bonds. The van der Waals surface area contributed by atoms with Crippen LogP contribution in [0.4, 0.5) is 0 Å². The predicted octanol–water partition coefficient (Wildman–Crippen LogP) is 5.08. The Kier molecular flexibility index (Phi) is 6.84. The highest BCUT2D eigenvalue weighted by Crippen LogP contribution is 2.22. The topological polar surface area (TPSA) is 12.0 Å². The van der Waals surface area contributed by atoms with Crippen molar-refractivity contribution in [2.75, 3.05) is 12.3 Å². The summed E-state index contributed by atoms with van der Waals surface area (Å²) in [5, 5.41) is 3.44. The minimum absolute atomic E-state index is 0.437. The lowest BCUT2D eigenvalue weighted by molar-refractivity contribution is 0.598. The SMILES string of the molecule is CCNC(C)c1ccc(SCCCc2ccccc2)cc1. The zero-order valence-corrected chi connectivity index (χ0v) is 13.8. The molecule has 21 heavy (non-hydrogen) atoms. The summed E-state index contributed by atoms with van der Waals surface area (Å²) in [6, 6.07) is 20.1. The maximum absolute atomic E-state index is 3.44. The molecule has 0 bridgehead atoms. The molecule has 0 aliphatic carbocycles.